The number of halogens is 3. The average molecular weight is 258 g/mol. The summed E-state index contributed by atoms with van der Waals surface area (Å²) in [4.78, 5) is 11.0. The van der Waals surface area contributed by atoms with Gasteiger partial charge in [0.15, 0.2) is 0 Å². The van der Waals surface area contributed by atoms with Crippen LogP contribution in [0.5, 0.6) is 0 Å². The van der Waals surface area contributed by atoms with Gasteiger partial charge in [0, 0.05) is 11.3 Å². The highest BCUT2D eigenvalue weighted by Crippen LogP contribution is 2.19. The molecule has 0 saturated heterocycles. The smallest absolute Gasteiger partial charge is 0.346 e. The van der Waals surface area contributed by atoms with E-state index in [9.17, 15) is 18.0 Å². The van der Waals surface area contributed by atoms with Gasteiger partial charge in [0.05, 0.1) is 6.54 Å². The fourth-order valence-electron chi connectivity index (χ4n) is 0.811. The van der Waals surface area contributed by atoms with E-state index < -0.39 is 18.6 Å². The van der Waals surface area contributed by atoms with Gasteiger partial charge in [-0.1, -0.05) is 0 Å². The lowest BCUT2D eigenvalue weighted by molar-refractivity contribution is -0.137. The number of nitrogens with one attached hydrogen (secondary N) is 2. The maximum atomic E-state index is 11.7. The van der Waals surface area contributed by atoms with Crippen LogP contribution in [0.3, 0.4) is 0 Å². The minimum atomic E-state index is -4.35. The Hall–Kier alpha value is -0.430. The summed E-state index contributed by atoms with van der Waals surface area (Å²) in [7, 11) is 0. The van der Waals surface area contributed by atoms with Gasteiger partial charge in [-0.3, -0.25) is 4.79 Å². The Morgan fingerprint density at radius 1 is 1.25 bits per heavy atom. The summed E-state index contributed by atoms with van der Waals surface area (Å²) in [6, 6.07) is 0. The Kier molecular flexibility index (Phi) is 6.17. The van der Waals surface area contributed by atoms with Crippen LogP contribution in [0, 0.1) is 0 Å². The second kappa shape index (κ2) is 6.34. The molecule has 0 heterocycles. The number of carbonyl (C=O) groups is 1. The normalized spacial score (nSPS) is 12.6. The van der Waals surface area contributed by atoms with Crippen molar-refractivity contribution in [1.29, 1.82) is 0 Å². The third kappa shape index (κ3) is 8.84. The predicted octanol–water partition coefficient (Wildman–Crippen LogP) is 1.40. The van der Waals surface area contributed by atoms with Gasteiger partial charge in [0.25, 0.3) is 0 Å². The molecule has 7 heteroatoms. The largest absolute Gasteiger partial charge is 0.405 e. The molecule has 0 aromatic heterocycles. The van der Waals surface area contributed by atoms with Gasteiger partial charge >= 0.3 is 6.18 Å². The first-order valence-electron chi connectivity index (χ1n) is 4.75. The van der Waals surface area contributed by atoms with Gasteiger partial charge in [0.2, 0.25) is 5.91 Å². The lowest BCUT2D eigenvalue weighted by Gasteiger charge is -2.22. The topological polar surface area (TPSA) is 41.1 Å². The lowest BCUT2D eigenvalue weighted by atomic mass is 10.2. The van der Waals surface area contributed by atoms with Gasteiger partial charge in [-0.2, -0.15) is 24.9 Å². The molecule has 0 rings (SSSR count). The van der Waals surface area contributed by atoms with E-state index in [2.05, 4.69) is 5.32 Å². The van der Waals surface area contributed by atoms with Crippen molar-refractivity contribution >= 4 is 17.7 Å². The van der Waals surface area contributed by atoms with Gasteiger partial charge in [-0.25, -0.2) is 0 Å². The number of hydrogen-bond donors (Lipinski definition) is 2. The molecule has 96 valence electrons. The van der Waals surface area contributed by atoms with Crippen LogP contribution in [0.15, 0.2) is 0 Å². The van der Waals surface area contributed by atoms with E-state index in [1.165, 1.54) is 0 Å². The van der Waals surface area contributed by atoms with E-state index in [0.29, 0.717) is 6.54 Å². The first kappa shape index (κ1) is 15.6. The summed E-state index contributed by atoms with van der Waals surface area (Å²) in [5.41, 5.74) is 0. The summed E-state index contributed by atoms with van der Waals surface area (Å²) in [5, 5.41) is 4.61. The Labute approximate surface area is 97.5 Å². The molecule has 2 N–H and O–H groups in total. The van der Waals surface area contributed by atoms with Crippen LogP contribution in [-0.2, 0) is 4.79 Å². The molecule has 16 heavy (non-hydrogen) atoms. The molecule has 0 atom stereocenters. The standard InChI is InChI=1S/C9H17F3N2OS/c1-8(2,16-3)5-13-4-7(15)14-6-9(10,11)12/h13H,4-6H2,1-3H3,(H,14,15). The lowest BCUT2D eigenvalue weighted by Crippen LogP contribution is -2.42. The molecule has 0 aliphatic carbocycles. The van der Waals surface area contributed by atoms with Crippen LogP contribution < -0.4 is 10.6 Å². The van der Waals surface area contributed by atoms with Gasteiger partial charge < -0.3 is 10.6 Å². The van der Waals surface area contributed by atoms with Crippen LogP contribution in [-0.4, -0.2) is 42.7 Å². The van der Waals surface area contributed by atoms with E-state index in [1.807, 2.05) is 20.1 Å². The van der Waals surface area contributed by atoms with E-state index in [-0.39, 0.29) is 11.3 Å². The van der Waals surface area contributed by atoms with Crippen LogP contribution >= 0.6 is 11.8 Å². The van der Waals surface area contributed by atoms with Crippen molar-refractivity contribution in [2.45, 2.75) is 24.8 Å². The first-order chi connectivity index (χ1) is 7.16. The summed E-state index contributed by atoms with van der Waals surface area (Å²) in [6.45, 7) is 3.16. The SMILES string of the molecule is CSC(C)(C)CNCC(=O)NCC(F)(F)F. The molecule has 0 radical (unpaired) electrons. The highest BCUT2D eigenvalue weighted by Gasteiger charge is 2.27. The number of amides is 1. The maximum Gasteiger partial charge on any atom is 0.405 e. The minimum Gasteiger partial charge on any atom is -0.346 e. The number of carbonyl (C=O) groups excluding carboxylic acids is 1. The van der Waals surface area contributed by atoms with Crippen molar-refractivity contribution in [3.8, 4) is 0 Å². The second-order valence-electron chi connectivity index (χ2n) is 3.96. The highest BCUT2D eigenvalue weighted by molar-refractivity contribution is 7.99. The van der Waals surface area contributed by atoms with E-state index in [4.69, 9.17) is 0 Å². The molecule has 0 aliphatic rings. The van der Waals surface area contributed by atoms with Crippen LogP contribution in [0.2, 0.25) is 0 Å². The van der Waals surface area contributed by atoms with Gasteiger partial charge in [0.1, 0.15) is 6.54 Å². The molecular formula is C9H17F3N2OS. The maximum absolute atomic E-state index is 11.7. The van der Waals surface area contributed by atoms with Crippen molar-refractivity contribution in [3.63, 3.8) is 0 Å². The third-order valence-electron chi connectivity index (χ3n) is 1.87. The Bertz CT molecular complexity index is 231. The molecule has 0 aromatic carbocycles. The molecule has 0 aromatic rings. The number of rotatable bonds is 6. The second-order valence-corrected chi connectivity index (χ2v) is 5.47. The zero-order valence-electron chi connectivity index (χ0n) is 9.57. The van der Waals surface area contributed by atoms with E-state index in [0.717, 1.165) is 0 Å². The Morgan fingerprint density at radius 3 is 2.25 bits per heavy atom. The molecular weight excluding hydrogens is 241 g/mol. The first-order valence-corrected chi connectivity index (χ1v) is 5.98. The van der Waals surface area contributed by atoms with E-state index in [1.54, 1.807) is 17.1 Å². The summed E-state index contributed by atoms with van der Waals surface area (Å²) < 4.78 is 35.2. The summed E-state index contributed by atoms with van der Waals surface area (Å²) in [5.74, 6) is -0.644. The summed E-state index contributed by atoms with van der Waals surface area (Å²) in [6.07, 6.45) is -2.42. The summed E-state index contributed by atoms with van der Waals surface area (Å²) >= 11 is 1.62. The minimum absolute atomic E-state index is 0.0374. The quantitative estimate of drug-likeness (QED) is 0.756. The Balaban J connectivity index is 3.67. The highest BCUT2D eigenvalue weighted by atomic mass is 32.2. The fourth-order valence-corrected chi connectivity index (χ4v) is 1.06. The predicted molar refractivity (Wildman–Crippen MR) is 59.5 cm³/mol. The van der Waals surface area contributed by atoms with Crippen molar-refractivity contribution < 1.29 is 18.0 Å². The van der Waals surface area contributed by atoms with Gasteiger partial charge in [-0.05, 0) is 20.1 Å². The third-order valence-corrected chi connectivity index (χ3v) is 3.12. The van der Waals surface area contributed by atoms with E-state index >= 15 is 0 Å². The molecule has 0 fully saturated rings. The van der Waals surface area contributed by atoms with Crippen molar-refractivity contribution in [3.05, 3.63) is 0 Å². The molecule has 0 saturated carbocycles. The molecule has 0 spiro atoms. The zero-order chi connectivity index (χ0) is 12.8. The molecule has 3 nitrogen and oxygen atoms in total. The number of alkyl halides is 3. The van der Waals surface area contributed by atoms with Crippen LogP contribution in [0.25, 0.3) is 0 Å². The Morgan fingerprint density at radius 2 is 1.81 bits per heavy atom. The number of hydrogen-bond acceptors (Lipinski definition) is 3. The molecule has 0 bridgehead atoms. The fraction of sp³-hybridized carbons (Fsp3) is 0.889. The average Bonchev–Trinajstić information content (AvgIpc) is 2.13. The van der Waals surface area contributed by atoms with Crippen molar-refractivity contribution in [2.24, 2.45) is 0 Å². The molecule has 0 unspecified atom stereocenters. The monoisotopic (exact) mass is 258 g/mol. The zero-order valence-corrected chi connectivity index (χ0v) is 10.4. The van der Waals surface area contributed by atoms with Gasteiger partial charge in [-0.15, -0.1) is 0 Å². The van der Waals surface area contributed by atoms with Crippen molar-refractivity contribution in [2.75, 3.05) is 25.9 Å². The molecule has 0 aliphatic heterocycles. The number of thioether (sulfide) groups is 1. The van der Waals surface area contributed by atoms with Crippen molar-refractivity contribution in [1.82, 2.24) is 10.6 Å². The molecule has 1 amide bonds. The van der Waals surface area contributed by atoms with Crippen LogP contribution in [0.4, 0.5) is 13.2 Å². The van der Waals surface area contributed by atoms with Crippen LogP contribution in [0.1, 0.15) is 13.8 Å².